The molecule has 3 saturated carbocycles. The topological polar surface area (TPSA) is 49.4 Å². The molecule has 1 N–H and O–H groups in total. The summed E-state index contributed by atoms with van der Waals surface area (Å²) in [5.74, 6) is 2.97. The molecule has 5 rings (SSSR count). The van der Waals surface area contributed by atoms with E-state index in [1.54, 1.807) is 11.3 Å². The predicted molar refractivity (Wildman–Crippen MR) is 125 cm³/mol. The van der Waals surface area contributed by atoms with Crippen LogP contribution in [0.5, 0.6) is 0 Å². The van der Waals surface area contributed by atoms with Crippen molar-refractivity contribution in [2.45, 2.75) is 65.3 Å². The summed E-state index contributed by atoms with van der Waals surface area (Å²) < 4.78 is 0. The standard InChI is InChI=1S/C26H36N2O2S/c1-16-5-9-21(31-16)24(30)27-15-17-6-8-19-18-7-10-22-26(3,14-12-23(29)28(22)4)20(18)11-13-25(17,19)2/h5,9,12,14,17-20,22H,6-8,10-11,13,15H2,1-4H3,(H,27,30)/t17-,18+,19+,20+,22-,25-,26-/m1/s1. The lowest BCUT2D eigenvalue weighted by Crippen LogP contribution is -2.59. The Bertz CT molecular complexity index is 922. The molecule has 2 heterocycles. The van der Waals surface area contributed by atoms with Gasteiger partial charge in [-0.2, -0.15) is 0 Å². The normalized spacial score (nSPS) is 41.5. The number of likely N-dealkylation sites (N-methyl/N-ethyl adjacent to an activating group) is 1. The third-order valence-electron chi connectivity index (χ3n) is 9.80. The smallest absolute Gasteiger partial charge is 0.261 e. The molecule has 0 unspecified atom stereocenters. The van der Waals surface area contributed by atoms with E-state index in [1.807, 2.05) is 37.1 Å². The van der Waals surface area contributed by atoms with Crippen LogP contribution in [0.4, 0.5) is 0 Å². The van der Waals surface area contributed by atoms with Gasteiger partial charge in [0.25, 0.3) is 5.91 Å². The molecule has 0 bridgehead atoms. The maximum absolute atomic E-state index is 12.6. The molecule has 2 amide bonds. The number of carbonyl (C=O) groups is 2. The van der Waals surface area contributed by atoms with Crippen molar-refractivity contribution < 1.29 is 9.59 Å². The first-order chi connectivity index (χ1) is 14.7. The van der Waals surface area contributed by atoms with Gasteiger partial charge >= 0.3 is 0 Å². The summed E-state index contributed by atoms with van der Waals surface area (Å²) in [6, 6.07) is 4.31. The van der Waals surface area contributed by atoms with E-state index >= 15 is 0 Å². The maximum atomic E-state index is 12.6. The molecule has 1 aromatic heterocycles. The first-order valence-corrected chi connectivity index (χ1v) is 12.9. The molecule has 1 aliphatic heterocycles. The van der Waals surface area contributed by atoms with Gasteiger partial charge in [-0.25, -0.2) is 0 Å². The van der Waals surface area contributed by atoms with Crippen LogP contribution < -0.4 is 5.32 Å². The second-order valence-corrected chi connectivity index (χ2v) is 12.3. The fraction of sp³-hybridized carbons (Fsp3) is 0.692. The molecule has 0 radical (unpaired) electrons. The molecule has 0 saturated heterocycles. The average Bonchev–Trinajstić information content (AvgIpc) is 3.32. The first-order valence-electron chi connectivity index (χ1n) is 12.0. The zero-order chi connectivity index (χ0) is 22.0. The van der Waals surface area contributed by atoms with Crippen molar-refractivity contribution in [3.05, 3.63) is 34.0 Å². The summed E-state index contributed by atoms with van der Waals surface area (Å²) in [6.45, 7) is 7.77. The van der Waals surface area contributed by atoms with Gasteiger partial charge in [0.15, 0.2) is 0 Å². The highest BCUT2D eigenvalue weighted by molar-refractivity contribution is 7.13. The number of nitrogens with zero attached hydrogens (tertiary/aromatic N) is 1. The average molecular weight is 441 g/mol. The van der Waals surface area contributed by atoms with E-state index in [0.717, 1.165) is 29.7 Å². The maximum Gasteiger partial charge on any atom is 0.261 e. The van der Waals surface area contributed by atoms with Gasteiger partial charge in [0, 0.05) is 29.9 Å². The van der Waals surface area contributed by atoms with E-state index in [-0.39, 0.29) is 17.2 Å². The van der Waals surface area contributed by atoms with Crippen LogP contribution in [0.3, 0.4) is 0 Å². The number of thiophene rings is 1. The molecule has 3 aliphatic carbocycles. The van der Waals surface area contributed by atoms with Gasteiger partial charge < -0.3 is 10.2 Å². The molecule has 1 aromatic rings. The molecule has 3 fully saturated rings. The van der Waals surface area contributed by atoms with Crippen LogP contribution in [0.25, 0.3) is 0 Å². The zero-order valence-electron chi connectivity index (χ0n) is 19.3. The van der Waals surface area contributed by atoms with Crippen molar-refractivity contribution >= 4 is 23.2 Å². The van der Waals surface area contributed by atoms with E-state index < -0.39 is 0 Å². The quantitative estimate of drug-likeness (QED) is 0.716. The van der Waals surface area contributed by atoms with E-state index in [4.69, 9.17) is 0 Å². The lowest BCUT2D eigenvalue weighted by atomic mass is 9.47. The second kappa shape index (κ2) is 7.47. The minimum absolute atomic E-state index is 0.0897. The Balaban J connectivity index is 1.31. The first kappa shape index (κ1) is 21.2. The van der Waals surface area contributed by atoms with Crippen molar-refractivity contribution in [3.8, 4) is 0 Å². The molecule has 31 heavy (non-hydrogen) atoms. The Hall–Kier alpha value is -1.62. The summed E-state index contributed by atoms with van der Waals surface area (Å²) in [5.41, 5.74) is 0.430. The van der Waals surface area contributed by atoms with Gasteiger partial charge in [-0.3, -0.25) is 9.59 Å². The molecule has 168 valence electrons. The summed E-state index contributed by atoms with van der Waals surface area (Å²) in [7, 11) is 1.99. The Kier molecular flexibility index (Phi) is 5.12. The minimum atomic E-state index is 0.0897. The van der Waals surface area contributed by atoms with E-state index in [9.17, 15) is 9.59 Å². The largest absolute Gasteiger partial charge is 0.351 e. The fourth-order valence-electron chi connectivity index (χ4n) is 8.04. The molecular weight excluding hydrogens is 404 g/mol. The van der Waals surface area contributed by atoms with Crippen molar-refractivity contribution in [1.82, 2.24) is 10.2 Å². The Morgan fingerprint density at radius 3 is 2.71 bits per heavy atom. The number of hydrogen-bond donors (Lipinski definition) is 1. The molecule has 7 atom stereocenters. The molecule has 0 spiro atoms. The van der Waals surface area contributed by atoms with Crippen molar-refractivity contribution in [1.29, 1.82) is 0 Å². The number of hydrogen-bond acceptors (Lipinski definition) is 3. The van der Waals surface area contributed by atoms with Gasteiger partial charge in [-0.1, -0.05) is 19.9 Å². The predicted octanol–water partition coefficient (Wildman–Crippen LogP) is 5.04. The Morgan fingerprint density at radius 2 is 1.97 bits per heavy atom. The monoisotopic (exact) mass is 440 g/mol. The highest BCUT2D eigenvalue weighted by atomic mass is 32.1. The van der Waals surface area contributed by atoms with Crippen LogP contribution in [0.15, 0.2) is 24.3 Å². The van der Waals surface area contributed by atoms with E-state index in [1.165, 1.54) is 37.0 Å². The van der Waals surface area contributed by atoms with Gasteiger partial charge in [0.2, 0.25) is 5.91 Å². The van der Waals surface area contributed by atoms with Crippen LogP contribution in [0.1, 0.15) is 66.9 Å². The van der Waals surface area contributed by atoms with Crippen LogP contribution >= 0.6 is 11.3 Å². The molecule has 5 heteroatoms. The van der Waals surface area contributed by atoms with Crippen LogP contribution in [-0.4, -0.2) is 36.3 Å². The highest BCUT2D eigenvalue weighted by Gasteiger charge is 2.60. The molecular formula is C26H36N2O2S. The van der Waals surface area contributed by atoms with E-state index in [0.29, 0.717) is 23.3 Å². The minimum Gasteiger partial charge on any atom is -0.351 e. The van der Waals surface area contributed by atoms with Gasteiger partial charge in [0.1, 0.15) is 0 Å². The zero-order valence-corrected chi connectivity index (χ0v) is 20.1. The van der Waals surface area contributed by atoms with Crippen LogP contribution in [0, 0.1) is 41.4 Å². The summed E-state index contributed by atoms with van der Waals surface area (Å²) in [4.78, 5) is 28.9. The number of rotatable bonds is 3. The fourth-order valence-corrected chi connectivity index (χ4v) is 8.83. The van der Waals surface area contributed by atoms with Crippen LogP contribution in [-0.2, 0) is 4.79 Å². The molecule has 4 nitrogen and oxygen atoms in total. The lowest BCUT2D eigenvalue weighted by molar-refractivity contribution is -0.138. The van der Waals surface area contributed by atoms with Gasteiger partial charge in [-0.05, 0) is 92.7 Å². The second-order valence-electron chi connectivity index (χ2n) is 11.1. The molecule has 4 aliphatic rings. The summed E-state index contributed by atoms with van der Waals surface area (Å²) in [5, 5.41) is 3.26. The Labute approximate surface area is 190 Å². The number of amides is 2. The molecule has 0 aromatic carbocycles. The van der Waals surface area contributed by atoms with E-state index in [2.05, 4.69) is 25.2 Å². The number of carbonyl (C=O) groups excluding carboxylic acids is 2. The summed E-state index contributed by atoms with van der Waals surface area (Å²) in [6.07, 6.45) is 11.4. The van der Waals surface area contributed by atoms with Crippen molar-refractivity contribution in [2.75, 3.05) is 13.6 Å². The lowest BCUT2D eigenvalue weighted by Gasteiger charge is -2.60. The number of aryl methyl sites for hydroxylation is 1. The third-order valence-corrected chi connectivity index (χ3v) is 10.8. The SMILES string of the molecule is Cc1ccc(C(=O)NC[C@H]2CC[C@H]3[C@@H]4CC[C@H]5N(C)C(=O)C=C[C@]5(C)[C@H]4CC[C@]23C)s1. The van der Waals surface area contributed by atoms with Crippen molar-refractivity contribution in [3.63, 3.8) is 0 Å². The third kappa shape index (κ3) is 3.21. The van der Waals surface area contributed by atoms with Crippen molar-refractivity contribution in [2.24, 2.45) is 34.5 Å². The number of nitrogens with one attached hydrogen (secondary N) is 1. The van der Waals surface area contributed by atoms with Crippen LogP contribution in [0.2, 0.25) is 0 Å². The summed E-state index contributed by atoms with van der Waals surface area (Å²) >= 11 is 1.58. The van der Waals surface area contributed by atoms with Gasteiger partial charge in [0.05, 0.1) is 4.88 Å². The van der Waals surface area contributed by atoms with Gasteiger partial charge in [-0.15, -0.1) is 11.3 Å². The highest BCUT2D eigenvalue weighted by Crippen LogP contribution is 2.65. The number of fused-ring (bicyclic) bond motifs is 5. The Morgan fingerprint density at radius 1 is 1.16 bits per heavy atom.